The number of halogens is 1. The van der Waals surface area contributed by atoms with Crippen molar-refractivity contribution in [2.24, 2.45) is 0 Å². The van der Waals surface area contributed by atoms with Crippen LogP contribution < -0.4 is 15.4 Å². The number of hydrogen-bond donors (Lipinski definition) is 3. The summed E-state index contributed by atoms with van der Waals surface area (Å²) >= 11 is 1.29. The lowest BCUT2D eigenvalue weighted by molar-refractivity contribution is -0.114. The van der Waals surface area contributed by atoms with Gasteiger partial charge in [-0.3, -0.25) is 19.6 Å². The van der Waals surface area contributed by atoms with Crippen LogP contribution >= 0.6 is 23.7 Å². The molecule has 0 fully saturated rings. The Labute approximate surface area is 200 Å². The lowest BCUT2D eigenvalue weighted by Crippen LogP contribution is -2.13. The van der Waals surface area contributed by atoms with Gasteiger partial charge in [0.15, 0.2) is 5.13 Å². The van der Waals surface area contributed by atoms with E-state index in [2.05, 4.69) is 20.3 Å². The molecule has 3 aromatic carbocycles. The molecule has 11 heteroatoms. The van der Waals surface area contributed by atoms with E-state index in [1.807, 2.05) is 6.07 Å². The van der Waals surface area contributed by atoms with E-state index in [-0.39, 0.29) is 29.1 Å². The average molecular weight is 503 g/mol. The zero-order valence-corrected chi connectivity index (χ0v) is 19.7. The molecule has 0 saturated heterocycles. The van der Waals surface area contributed by atoms with E-state index in [1.165, 1.54) is 42.5 Å². The Bertz CT molecular complexity index is 1410. The van der Waals surface area contributed by atoms with Gasteiger partial charge in [0.05, 0.1) is 20.8 Å². The first-order valence-electron chi connectivity index (χ1n) is 9.48. The number of anilines is 3. The predicted octanol–water partition coefficient (Wildman–Crippen LogP) is 4.73. The number of fused-ring (bicyclic) bond motifs is 1. The van der Waals surface area contributed by atoms with E-state index in [9.17, 15) is 18.0 Å². The molecule has 33 heavy (non-hydrogen) atoms. The molecule has 1 heterocycles. The molecule has 0 radical (unpaired) electrons. The summed E-state index contributed by atoms with van der Waals surface area (Å²) in [6.07, 6.45) is 0. The maximum absolute atomic E-state index is 12.7. The van der Waals surface area contributed by atoms with Gasteiger partial charge in [0.1, 0.15) is 0 Å². The minimum absolute atomic E-state index is 0. The molecule has 0 aliphatic heterocycles. The summed E-state index contributed by atoms with van der Waals surface area (Å²) < 4.78 is 28.7. The third kappa shape index (κ3) is 5.86. The number of carbonyl (C=O) groups excluding carboxylic acids is 2. The normalized spacial score (nSPS) is 10.8. The number of aromatic nitrogens is 1. The summed E-state index contributed by atoms with van der Waals surface area (Å²) in [4.78, 5) is 27.9. The first-order valence-corrected chi connectivity index (χ1v) is 11.8. The number of thiazole rings is 1. The smallest absolute Gasteiger partial charge is 0.261 e. The van der Waals surface area contributed by atoms with Gasteiger partial charge in [0.25, 0.3) is 15.9 Å². The summed E-state index contributed by atoms with van der Waals surface area (Å²) in [6, 6.07) is 19.6. The highest BCUT2D eigenvalue weighted by molar-refractivity contribution is 7.92. The minimum atomic E-state index is -3.83. The monoisotopic (exact) mass is 502 g/mol. The molecule has 0 bridgehead atoms. The maximum atomic E-state index is 12.7. The van der Waals surface area contributed by atoms with Crippen LogP contribution in [0.3, 0.4) is 0 Å². The quantitative estimate of drug-likeness (QED) is 0.352. The van der Waals surface area contributed by atoms with Gasteiger partial charge in [0.2, 0.25) is 5.91 Å². The highest BCUT2D eigenvalue weighted by Crippen LogP contribution is 2.29. The minimum Gasteiger partial charge on any atom is -0.326 e. The van der Waals surface area contributed by atoms with Crippen molar-refractivity contribution >= 4 is 72.3 Å². The van der Waals surface area contributed by atoms with Gasteiger partial charge >= 0.3 is 0 Å². The zero-order chi connectivity index (χ0) is 22.7. The largest absolute Gasteiger partial charge is 0.326 e. The first-order chi connectivity index (χ1) is 15.3. The average Bonchev–Trinajstić information content (AvgIpc) is 3.15. The number of carbonyl (C=O) groups is 2. The lowest BCUT2D eigenvalue weighted by atomic mass is 10.2. The number of hydrogen-bond acceptors (Lipinski definition) is 6. The Morgan fingerprint density at radius 2 is 1.55 bits per heavy atom. The van der Waals surface area contributed by atoms with Crippen LogP contribution in [0.5, 0.6) is 0 Å². The van der Waals surface area contributed by atoms with E-state index in [0.29, 0.717) is 27.6 Å². The molecule has 0 atom stereocenters. The van der Waals surface area contributed by atoms with E-state index in [1.54, 1.807) is 42.5 Å². The lowest BCUT2D eigenvalue weighted by Gasteiger charge is -2.09. The van der Waals surface area contributed by atoms with Crippen molar-refractivity contribution in [3.8, 4) is 0 Å². The molecule has 8 nitrogen and oxygen atoms in total. The van der Waals surface area contributed by atoms with Gasteiger partial charge in [0, 0.05) is 18.2 Å². The van der Waals surface area contributed by atoms with Gasteiger partial charge in [-0.1, -0.05) is 29.5 Å². The molecule has 2 amide bonds. The van der Waals surface area contributed by atoms with Crippen molar-refractivity contribution < 1.29 is 18.0 Å². The second-order valence-electron chi connectivity index (χ2n) is 6.83. The summed E-state index contributed by atoms with van der Waals surface area (Å²) in [5, 5.41) is 5.77. The second-order valence-corrected chi connectivity index (χ2v) is 9.55. The third-order valence-electron chi connectivity index (χ3n) is 4.38. The zero-order valence-electron chi connectivity index (χ0n) is 17.2. The number of rotatable bonds is 6. The third-order valence-corrected chi connectivity index (χ3v) is 6.73. The van der Waals surface area contributed by atoms with Crippen molar-refractivity contribution in [3.05, 3.63) is 78.4 Å². The number of amides is 2. The molecular weight excluding hydrogens is 484 g/mol. The Morgan fingerprint density at radius 3 is 2.21 bits per heavy atom. The van der Waals surface area contributed by atoms with Gasteiger partial charge in [-0.2, -0.15) is 0 Å². The van der Waals surface area contributed by atoms with Gasteiger partial charge in [-0.25, -0.2) is 13.4 Å². The van der Waals surface area contributed by atoms with Crippen LogP contribution in [-0.2, 0) is 14.8 Å². The number of nitrogens with zero attached hydrogens (tertiary/aromatic N) is 1. The van der Waals surface area contributed by atoms with Gasteiger partial charge in [-0.15, -0.1) is 12.4 Å². The van der Waals surface area contributed by atoms with Crippen molar-refractivity contribution in [3.63, 3.8) is 0 Å². The summed E-state index contributed by atoms with van der Waals surface area (Å²) in [5.74, 6) is -0.511. The molecule has 4 rings (SSSR count). The number of benzene rings is 3. The van der Waals surface area contributed by atoms with Crippen LogP contribution in [0.25, 0.3) is 10.2 Å². The Balaban J connectivity index is 0.00000306. The van der Waals surface area contributed by atoms with E-state index < -0.39 is 10.0 Å². The van der Waals surface area contributed by atoms with Crippen LogP contribution in [0.15, 0.2) is 77.7 Å². The van der Waals surface area contributed by atoms with E-state index >= 15 is 0 Å². The van der Waals surface area contributed by atoms with Crippen LogP contribution in [-0.4, -0.2) is 25.2 Å². The van der Waals surface area contributed by atoms with Crippen molar-refractivity contribution in [1.29, 1.82) is 0 Å². The fourth-order valence-electron chi connectivity index (χ4n) is 2.94. The van der Waals surface area contributed by atoms with Crippen LogP contribution in [0.2, 0.25) is 0 Å². The van der Waals surface area contributed by atoms with Crippen LogP contribution in [0, 0.1) is 0 Å². The van der Waals surface area contributed by atoms with Crippen LogP contribution in [0.1, 0.15) is 17.3 Å². The van der Waals surface area contributed by atoms with Crippen molar-refractivity contribution in [2.45, 2.75) is 11.8 Å². The maximum Gasteiger partial charge on any atom is 0.261 e. The Hall–Kier alpha value is -3.47. The topological polar surface area (TPSA) is 117 Å². The summed E-state index contributed by atoms with van der Waals surface area (Å²) in [6.45, 7) is 1.37. The van der Waals surface area contributed by atoms with Gasteiger partial charge < -0.3 is 5.32 Å². The molecule has 0 saturated carbocycles. The fraction of sp³-hybridized carbons (Fsp3) is 0.0455. The summed E-state index contributed by atoms with van der Waals surface area (Å²) in [5.41, 5.74) is 1.92. The highest BCUT2D eigenvalue weighted by atomic mass is 35.5. The molecule has 1 aromatic heterocycles. The molecule has 4 aromatic rings. The van der Waals surface area contributed by atoms with Crippen molar-refractivity contribution in [2.75, 3.05) is 15.4 Å². The molecule has 0 unspecified atom stereocenters. The fourth-order valence-corrected chi connectivity index (χ4v) is 4.83. The molecule has 0 aliphatic rings. The Morgan fingerprint density at radius 1 is 0.879 bits per heavy atom. The molecule has 170 valence electrons. The molecular formula is C22H19ClN4O4S2. The molecule has 3 N–H and O–H groups in total. The number of sulfonamides is 1. The second kappa shape index (κ2) is 9.99. The van der Waals surface area contributed by atoms with E-state index in [0.717, 1.165) is 4.70 Å². The Kier molecular flexibility index (Phi) is 7.32. The molecule has 0 spiro atoms. The highest BCUT2D eigenvalue weighted by Gasteiger charge is 2.16. The number of nitrogens with one attached hydrogen (secondary N) is 3. The van der Waals surface area contributed by atoms with Crippen LogP contribution in [0.4, 0.5) is 16.5 Å². The SMILES string of the molecule is CC(=O)Nc1ccc(S(=O)(=O)Nc2ccc3sc(NC(=O)c4ccccc4)nc3c2)cc1.Cl. The predicted molar refractivity (Wildman–Crippen MR) is 133 cm³/mol. The molecule has 0 aliphatic carbocycles. The van der Waals surface area contributed by atoms with E-state index in [4.69, 9.17) is 0 Å². The standard InChI is InChI=1S/C22H18N4O4S2.ClH/c1-14(27)23-16-7-10-18(11-8-16)32(29,30)26-17-9-12-20-19(13-17)24-22(31-20)25-21(28)15-5-3-2-4-6-15;/h2-13,26H,1H3,(H,23,27)(H,24,25,28);1H. The summed E-state index contributed by atoms with van der Waals surface area (Å²) in [7, 11) is -3.83. The van der Waals surface area contributed by atoms with Crippen molar-refractivity contribution in [1.82, 2.24) is 4.98 Å². The van der Waals surface area contributed by atoms with Gasteiger partial charge in [-0.05, 0) is 54.6 Å². The first kappa shape index (κ1) is 24.2.